The van der Waals surface area contributed by atoms with Crippen LogP contribution >= 0.6 is 23.2 Å². The van der Waals surface area contributed by atoms with Crippen molar-refractivity contribution in [1.29, 1.82) is 0 Å². The molecular weight excluding hydrogens is 515 g/mol. The van der Waals surface area contributed by atoms with Crippen molar-refractivity contribution in [2.75, 3.05) is 6.54 Å². The third-order valence-corrected chi connectivity index (χ3v) is 9.51. The molecule has 1 aliphatic heterocycles. The van der Waals surface area contributed by atoms with Crippen LogP contribution in [0.4, 0.5) is 0 Å². The number of aliphatic carboxylic acids is 1. The van der Waals surface area contributed by atoms with Gasteiger partial charge in [-0.1, -0.05) is 29.3 Å². The summed E-state index contributed by atoms with van der Waals surface area (Å²) in [5.41, 5.74) is 0.310. The summed E-state index contributed by atoms with van der Waals surface area (Å²) in [6, 6.07) is 8.18. The van der Waals surface area contributed by atoms with E-state index in [4.69, 9.17) is 23.2 Å². The second-order valence-corrected chi connectivity index (χ2v) is 11.7. The number of nitrogens with zero attached hydrogens (tertiary/aromatic N) is 4. The third-order valence-electron chi connectivity index (χ3n) is 6.68. The maximum Gasteiger partial charge on any atom is 0.326 e. The maximum absolute atomic E-state index is 13.6. The fraction of sp³-hybridized carbons (Fsp3) is 0.304. The van der Waals surface area contributed by atoms with Crippen LogP contribution in [-0.4, -0.2) is 62.9 Å². The maximum atomic E-state index is 13.6. The Balaban J connectivity index is 1.43. The van der Waals surface area contributed by atoms with Gasteiger partial charge < -0.3 is 10.0 Å². The van der Waals surface area contributed by atoms with Gasteiger partial charge in [-0.3, -0.25) is 4.79 Å². The Hall–Kier alpha value is -2.95. The molecule has 1 N–H and O–H groups in total. The van der Waals surface area contributed by atoms with Crippen LogP contribution in [0.1, 0.15) is 24.8 Å². The lowest BCUT2D eigenvalue weighted by molar-refractivity contribution is -0.149. The number of aromatic nitrogens is 3. The Morgan fingerprint density at radius 1 is 1.14 bits per heavy atom. The van der Waals surface area contributed by atoms with Gasteiger partial charge in [-0.05, 0) is 55.2 Å². The van der Waals surface area contributed by atoms with Crippen molar-refractivity contribution in [2.45, 2.75) is 40.9 Å². The van der Waals surface area contributed by atoms with Crippen molar-refractivity contribution in [2.24, 2.45) is 0 Å². The summed E-state index contributed by atoms with van der Waals surface area (Å²) in [5.74, 6) is -1.66. The first kappa shape index (κ1) is 23.8. The molecule has 2 aliphatic rings. The van der Waals surface area contributed by atoms with Gasteiger partial charge in [0.25, 0.3) is 0 Å². The number of hydrogen-bond acceptors (Lipinski definition) is 6. The second kappa shape index (κ2) is 8.61. The van der Waals surface area contributed by atoms with E-state index in [-0.39, 0.29) is 28.0 Å². The van der Waals surface area contributed by atoms with Crippen LogP contribution in [0.2, 0.25) is 10.2 Å². The number of carboxylic acids is 1. The van der Waals surface area contributed by atoms with E-state index >= 15 is 0 Å². The number of amides is 1. The van der Waals surface area contributed by atoms with E-state index in [1.807, 2.05) is 0 Å². The minimum atomic E-state index is -4.03. The van der Waals surface area contributed by atoms with Gasteiger partial charge in [0.1, 0.15) is 11.2 Å². The van der Waals surface area contributed by atoms with Crippen LogP contribution in [0.25, 0.3) is 5.69 Å². The number of carboxylic acid groups (broad SMARTS) is 1. The van der Waals surface area contributed by atoms with Crippen LogP contribution < -0.4 is 0 Å². The molecule has 182 valence electrons. The van der Waals surface area contributed by atoms with Crippen molar-refractivity contribution >= 4 is 44.9 Å². The van der Waals surface area contributed by atoms with Gasteiger partial charge >= 0.3 is 5.97 Å². The Bertz CT molecular complexity index is 1410. The summed E-state index contributed by atoms with van der Waals surface area (Å²) in [4.78, 5) is 30.7. The first-order valence-corrected chi connectivity index (χ1v) is 13.1. The number of carbonyl (C=O) groups is 2. The zero-order valence-corrected chi connectivity index (χ0v) is 20.5. The van der Waals surface area contributed by atoms with E-state index in [0.29, 0.717) is 24.1 Å². The third kappa shape index (κ3) is 4.09. The van der Waals surface area contributed by atoms with Crippen LogP contribution in [0, 0.1) is 0 Å². The van der Waals surface area contributed by atoms with Crippen LogP contribution in [0.15, 0.2) is 59.9 Å². The molecule has 1 saturated heterocycles. The van der Waals surface area contributed by atoms with Crippen molar-refractivity contribution in [1.82, 2.24) is 19.7 Å². The van der Waals surface area contributed by atoms with Gasteiger partial charge in [0, 0.05) is 25.1 Å². The molecule has 0 spiro atoms. The second-order valence-electron chi connectivity index (χ2n) is 8.73. The molecule has 2 fully saturated rings. The molecule has 1 saturated carbocycles. The lowest BCUT2D eigenvalue weighted by Gasteiger charge is -2.27. The number of hydrogen-bond donors (Lipinski definition) is 1. The SMILES string of the molecule is O=C(O)[C@@H]1C[C@@H](S(=O)(=O)c2ccc(-n3cccn3)cc2Cl)CN1C(=O)C1(c2ccc(Cl)nc2)CC1. The number of carbonyl (C=O) groups excluding carboxylic acids is 1. The van der Waals surface area contributed by atoms with E-state index < -0.39 is 38.4 Å². The van der Waals surface area contributed by atoms with Crippen molar-refractivity contribution in [3.05, 3.63) is 70.7 Å². The topological polar surface area (TPSA) is 122 Å². The summed E-state index contributed by atoms with van der Waals surface area (Å²) >= 11 is 12.2. The highest BCUT2D eigenvalue weighted by Gasteiger charge is 2.57. The van der Waals surface area contributed by atoms with Gasteiger partial charge in [0.15, 0.2) is 9.84 Å². The molecule has 5 rings (SSSR count). The Labute approximate surface area is 211 Å². The van der Waals surface area contributed by atoms with E-state index in [9.17, 15) is 23.1 Å². The van der Waals surface area contributed by atoms with E-state index in [1.54, 1.807) is 41.3 Å². The molecule has 3 heterocycles. The number of likely N-dealkylation sites (tertiary alicyclic amines) is 1. The van der Waals surface area contributed by atoms with Crippen molar-refractivity contribution in [3.63, 3.8) is 0 Å². The summed E-state index contributed by atoms with van der Waals surface area (Å²) in [6.07, 6.45) is 5.61. The molecule has 35 heavy (non-hydrogen) atoms. The van der Waals surface area contributed by atoms with Gasteiger partial charge in [-0.25, -0.2) is 22.9 Å². The molecule has 12 heteroatoms. The molecule has 1 aromatic carbocycles. The first-order chi connectivity index (χ1) is 16.6. The van der Waals surface area contributed by atoms with E-state index in [2.05, 4.69) is 10.1 Å². The van der Waals surface area contributed by atoms with Crippen molar-refractivity contribution in [3.8, 4) is 5.69 Å². The highest BCUT2D eigenvalue weighted by molar-refractivity contribution is 7.92. The zero-order chi connectivity index (χ0) is 25.0. The number of halogens is 2. The number of pyridine rings is 1. The number of benzene rings is 1. The zero-order valence-electron chi connectivity index (χ0n) is 18.2. The van der Waals surface area contributed by atoms with E-state index in [1.165, 1.54) is 23.2 Å². The Morgan fingerprint density at radius 3 is 2.49 bits per heavy atom. The van der Waals surface area contributed by atoms with E-state index in [0.717, 1.165) is 0 Å². The predicted octanol–water partition coefficient (Wildman–Crippen LogP) is 3.13. The molecule has 0 bridgehead atoms. The summed E-state index contributed by atoms with van der Waals surface area (Å²) in [6.45, 7) is -0.238. The predicted molar refractivity (Wildman–Crippen MR) is 127 cm³/mol. The largest absolute Gasteiger partial charge is 0.480 e. The van der Waals surface area contributed by atoms with Gasteiger partial charge in [0.2, 0.25) is 5.91 Å². The fourth-order valence-electron chi connectivity index (χ4n) is 4.63. The average molecular weight is 535 g/mol. The molecule has 1 amide bonds. The lowest BCUT2D eigenvalue weighted by atomic mass is 9.95. The molecule has 3 aromatic rings. The van der Waals surface area contributed by atoms with Gasteiger partial charge in [-0.15, -0.1) is 0 Å². The highest BCUT2D eigenvalue weighted by Crippen LogP contribution is 2.50. The lowest BCUT2D eigenvalue weighted by Crippen LogP contribution is -2.46. The fourth-order valence-corrected chi connectivity index (χ4v) is 6.98. The minimum Gasteiger partial charge on any atom is -0.480 e. The van der Waals surface area contributed by atoms with Crippen LogP contribution in [-0.2, 0) is 24.8 Å². The van der Waals surface area contributed by atoms with Crippen LogP contribution in [0.3, 0.4) is 0 Å². The molecule has 0 unspecified atom stereocenters. The molecule has 1 aliphatic carbocycles. The Kier molecular flexibility index (Phi) is 5.85. The normalized spacial score (nSPS) is 21.1. The van der Waals surface area contributed by atoms with Crippen LogP contribution in [0.5, 0.6) is 0 Å². The first-order valence-electron chi connectivity index (χ1n) is 10.8. The summed E-state index contributed by atoms with van der Waals surface area (Å²) in [7, 11) is -4.03. The van der Waals surface area contributed by atoms with Crippen molar-refractivity contribution < 1.29 is 23.1 Å². The standard InChI is InChI=1S/C23H20Cl2N4O5S/c24-17-10-15(29-9-1-8-27-29)3-4-19(17)35(33,34)16-11-18(21(30)31)28(13-16)22(32)23(6-7-23)14-2-5-20(25)26-12-14/h1-5,8-10,12,16,18H,6-7,11,13H2,(H,30,31)/t16-,18+/m1/s1. The molecule has 2 aromatic heterocycles. The molecule has 0 radical (unpaired) electrons. The number of rotatable bonds is 6. The quantitative estimate of drug-likeness (QED) is 0.482. The molecule has 9 nitrogen and oxygen atoms in total. The smallest absolute Gasteiger partial charge is 0.326 e. The summed E-state index contributed by atoms with van der Waals surface area (Å²) in [5, 5.41) is 13.1. The summed E-state index contributed by atoms with van der Waals surface area (Å²) < 4.78 is 28.5. The monoisotopic (exact) mass is 534 g/mol. The van der Waals surface area contributed by atoms with Gasteiger partial charge in [0.05, 0.1) is 26.3 Å². The average Bonchev–Trinajstić information content (AvgIpc) is 3.23. The number of sulfone groups is 1. The molecule has 2 atom stereocenters. The Morgan fingerprint density at radius 2 is 1.91 bits per heavy atom. The minimum absolute atomic E-state index is 0.000512. The highest BCUT2D eigenvalue weighted by atomic mass is 35.5. The van der Waals surface area contributed by atoms with Gasteiger partial charge in [-0.2, -0.15) is 5.10 Å². The molecular formula is C23H20Cl2N4O5S.